The zero-order chi connectivity index (χ0) is 21.7. The highest BCUT2D eigenvalue weighted by atomic mass is 28.4. The lowest BCUT2D eigenvalue weighted by Gasteiger charge is -2.28. The second-order valence-electron chi connectivity index (χ2n) is 5.48. The number of nitrogens with zero attached hydrogens (tertiary/aromatic N) is 2. The highest BCUT2D eigenvalue weighted by molar-refractivity contribution is 6.60. The van der Waals surface area contributed by atoms with Crippen molar-refractivity contribution in [3.05, 3.63) is 0 Å². The van der Waals surface area contributed by atoms with E-state index < -0.39 is 18.1 Å². The van der Waals surface area contributed by atoms with Crippen molar-refractivity contribution in [1.29, 1.82) is 0 Å². The van der Waals surface area contributed by atoms with E-state index in [0.717, 1.165) is 18.9 Å². The molecule has 0 saturated heterocycles. The van der Waals surface area contributed by atoms with Crippen LogP contribution in [0.1, 0.15) is 40.5 Å². The summed E-state index contributed by atoms with van der Waals surface area (Å²) in [6.07, 6.45) is 4.62. The Hall–Kier alpha value is -1.01. The van der Waals surface area contributed by atoms with Crippen LogP contribution in [0.5, 0.6) is 0 Å². The predicted octanol–water partition coefficient (Wildman–Crippen LogP) is 2.37. The highest BCUT2D eigenvalue weighted by Crippen LogP contribution is 2.18. The lowest BCUT2D eigenvalue weighted by Crippen LogP contribution is -2.46. The molecule has 11 heteroatoms. The van der Waals surface area contributed by atoms with Crippen molar-refractivity contribution in [3.8, 4) is 0 Å². The standard InChI is InChI=1S/C10H21NO4Si.C7H15NO3Si/c1-4-13-16(14-5-2,15-6-3)9-7-8-11-10-12;1-4-7(8-6-9)5-12(10-2)11-3/h4-9H2,1-3H3;7,12H,4-5H2,1-3H3. The molecule has 0 radical (unpaired) electrons. The van der Waals surface area contributed by atoms with E-state index in [1.54, 1.807) is 20.3 Å². The van der Waals surface area contributed by atoms with Gasteiger partial charge < -0.3 is 22.1 Å². The average Bonchev–Trinajstić information content (AvgIpc) is 2.69. The van der Waals surface area contributed by atoms with Crippen LogP contribution in [0.15, 0.2) is 9.98 Å². The monoisotopic (exact) mass is 436 g/mol. The summed E-state index contributed by atoms with van der Waals surface area (Å²) in [5.74, 6) is 0. The lowest BCUT2D eigenvalue weighted by molar-refractivity contribution is 0.0710. The first kappa shape index (κ1) is 29.2. The fourth-order valence-corrected chi connectivity index (χ4v) is 6.37. The molecule has 0 bridgehead atoms. The van der Waals surface area contributed by atoms with Crippen molar-refractivity contribution in [1.82, 2.24) is 0 Å². The lowest BCUT2D eigenvalue weighted by atomic mass is 10.3. The van der Waals surface area contributed by atoms with Gasteiger partial charge in [0.2, 0.25) is 12.2 Å². The molecule has 0 aliphatic heterocycles. The van der Waals surface area contributed by atoms with Crippen LogP contribution in [0.3, 0.4) is 0 Å². The van der Waals surface area contributed by atoms with Crippen molar-refractivity contribution < 1.29 is 31.7 Å². The maximum absolute atomic E-state index is 9.97. The molecular formula is C17H36N2O7Si2. The normalized spacial score (nSPS) is 11.8. The van der Waals surface area contributed by atoms with Crippen LogP contribution in [0.25, 0.3) is 0 Å². The fourth-order valence-electron chi connectivity index (χ4n) is 2.32. The zero-order valence-electron chi connectivity index (χ0n) is 18.1. The van der Waals surface area contributed by atoms with Gasteiger partial charge in [0.25, 0.3) is 0 Å². The van der Waals surface area contributed by atoms with Gasteiger partial charge in [0.1, 0.15) is 0 Å². The van der Waals surface area contributed by atoms with Gasteiger partial charge in [-0.1, -0.05) is 6.92 Å². The van der Waals surface area contributed by atoms with E-state index in [1.165, 1.54) is 6.08 Å². The van der Waals surface area contributed by atoms with Crippen molar-refractivity contribution in [3.63, 3.8) is 0 Å². The van der Waals surface area contributed by atoms with Crippen LogP contribution in [-0.2, 0) is 31.7 Å². The van der Waals surface area contributed by atoms with E-state index in [1.807, 2.05) is 27.7 Å². The molecule has 28 heavy (non-hydrogen) atoms. The van der Waals surface area contributed by atoms with Gasteiger partial charge in [0.15, 0.2) is 0 Å². The summed E-state index contributed by atoms with van der Waals surface area (Å²) >= 11 is 0. The summed E-state index contributed by atoms with van der Waals surface area (Å²) in [5.41, 5.74) is 0. The molecule has 0 aromatic heterocycles. The molecule has 0 fully saturated rings. The largest absolute Gasteiger partial charge is 0.500 e. The van der Waals surface area contributed by atoms with E-state index in [9.17, 15) is 9.59 Å². The zero-order valence-corrected chi connectivity index (χ0v) is 20.2. The summed E-state index contributed by atoms with van der Waals surface area (Å²) in [7, 11) is -0.862. The third kappa shape index (κ3) is 15.0. The summed E-state index contributed by atoms with van der Waals surface area (Å²) in [6.45, 7) is 9.90. The van der Waals surface area contributed by atoms with Crippen molar-refractivity contribution >= 4 is 30.2 Å². The molecule has 1 atom stereocenters. The molecule has 164 valence electrons. The SMILES string of the molecule is CCC(C[SiH](OC)OC)N=C=O.CCO[Si](CCCN=C=O)(OCC)OCC. The van der Waals surface area contributed by atoms with E-state index in [-0.39, 0.29) is 6.04 Å². The van der Waals surface area contributed by atoms with Gasteiger partial charge in [-0.2, -0.15) is 0 Å². The molecule has 0 aromatic carbocycles. The number of hydrogen-bond acceptors (Lipinski definition) is 9. The molecule has 0 spiro atoms. The van der Waals surface area contributed by atoms with E-state index >= 15 is 0 Å². The molecule has 9 nitrogen and oxygen atoms in total. The number of rotatable bonds is 16. The Balaban J connectivity index is 0. The van der Waals surface area contributed by atoms with Gasteiger partial charge in [-0.05, 0) is 33.6 Å². The van der Waals surface area contributed by atoms with Crippen LogP contribution < -0.4 is 0 Å². The summed E-state index contributed by atoms with van der Waals surface area (Å²) in [6, 6.07) is 1.44. The topological polar surface area (TPSA) is 105 Å². The minimum absolute atomic E-state index is 0.0130. The molecule has 0 rings (SSSR count). The van der Waals surface area contributed by atoms with Gasteiger partial charge in [0.05, 0.1) is 12.6 Å². The third-order valence-corrected chi connectivity index (χ3v) is 8.74. The van der Waals surface area contributed by atoms with Gasteiger partial charge in [-0.15, -0.1) is 0 Å². The van der Waals surface area contributed by atoms with Crippen LogP contribution in [0.4, 0.5) is 0 Å². The molecule has 1 unspecified atom stereocenters. The second kappa shape index (κ2) is 20.7. The van der Waals surface area contributed by atoms with Crippen LogP contribution >= 0.6 is 0 Å². The van der Waals surface area contributed by atoms with Gasteiger partial charge in [-0.25, -0.2) is 19.6 Å². The Labute approximate surface area is 171 Å². The molecule has 0 heterocycles. The van der Waals surface area contributed by atoms with E-state index in [4.69, 9.17) is 22.1 Å². The molecular weight excluding hydrogens is 400 g/mol. The van der Waals surface area contributed by atoms with Crippen molar-refractivity contribution in [2.45, 2.75) is 58.7 Å². The molecule has 0 aliphatic carbocycles. The van der Waals surface area contributed by atoms with Crippen molar-refractivity contribution in [2.75, 3.05) is 40.6 Å². The van der Waals surface area contributed by atoms with E-state index in [2.05, 4.69) is 9.98 Å². The maximum atomic E-state index is 9.97. The van der Waals surface area contributed by atoms with Gasteiger partial charge in [-0.3, -0.25) is 0 Å². The summed E-state index contributed by atoms with van der Waals surface area (Å²) in [5, 5.41) is 0. The first-order chi connectivity index (χ1) is 13.5. The average molecular weight is 437 g/mol. The van der Waals surface area contributed by atoms with E-state index in [0.29, 0.717) is 32.4 Å². The molecule has 0 N–H and O–H groups in total. The number of isocyanates is 2. The van der Waals surface area contributed by atoms with Crippen molar-refractivity contribution in [2.24, 2.45) is 9.98 Å². The van der Waals surface area contributed by atoms with Gasteiger partial charge in [0, 0.05) is 46.1 Å². The number of carbonyl (C=O) groups excluding carboxylic acids is 2. The Morgan fingerprint density at radius 1 is 0.929 bits per heavy atom. The van der Waals surface area contributed by atoms with Crippen LogP contribution in [-0.4, -0.2) is 76.9 Å². The fraction of sp³-hybridized carbons (Fsp3) is 0.882. The first-order valence-electron chi connectivity index (χ1n) is 9.60. The molecule has 0 aliphatic rings. The molecule has 0 aromatic rings. The minimum atomic E-state index is -2.54. The Kier molecular flexibility index (Phi) is 21.6. The number of hydrogen-bond donors (Lipinski definition) is 0. The highest BCUT2D eigenvalue weighted by Gasteiger charge is 2.39. The predicted molar refractivity (Wildman–Crippen MR) is 111 cm³/mol. The van der Waals surface area contributed by atoms with Crippen LogP contribution in [0.2, 0.25) is 12.1 Å². The summed E-state index contributed by atoms with van der Waals surface area (Å²) < 4.78 is 27.1. The Bertz CT molecular complexity index is 438. The molecule has 0 amide bonds. The quantitative estimate of drug-likeness (QED) is 0.158. The van der Waals surface area contributed by atoms with Crippen LogP contribution in [0, 0.1) is 0 Å². The maximum Gasteiger partial charge on any atom is 0.500 e. The Morgan fingerprint density at radius 2 is 1.46 bits per heavy atom. The summed E-state index contributed by atoms with van der Waals surface area (Å²) in [4.78, 5) is 27.1. The van der Waals surface area contributed by atoms with Gasteiger partial charge >= 0.3 is 18.1 Å². The molecule has 0 saturated carbocycles. The Morgan fingerprint density at radius 3 is 1.82 bits per heavy atom. The minimum Gasteiger partial charge on any atom is -0.400 e. The smallest absolute Gasteiger partial charge is 0.400 e. The third-order valence-electron chi connectivity index (χ3n) is 3.61. The second-order valence-corrected chi connectivity index (χ2v) is 10.5. The first-order valence-corrected chi connectivity index (χ1v) is 13.3. The number of aliphatic imine (C=N–C) groups is 2.